The van der Waals surface area contributed by atoms with Crippen molar-refractivity contribution in [3.05, 3.63) is 29.8 Å². The van der Waals surface area contributed by atoms with Crippen LogP contribution in [-0.4, -0.2) is 68.0 Å². The predicted molar refractivity (Wildman–Crippen MR) is 102 cm³/mol. The number of carbonyl (C=O) groups is 3. The molecule has 0 bridgehead atoms. The number of piperazine rings is 1. The van der Waals surface area contributed by atoms with Crippen LogP contribution in [0.15, 0.2) is 29.2 Å². The molecule has 1 aliphatic carbocycles. The van der Waals surface area contributed by atoms with Gasteiger partial charge in [0.2, 0.25) is 21.8 Å². The molecule has 1 saturated heterocycles. The normalized spacial score (nSPS) is 18.6. The van der Waals surface area contributed by atoms with Crippen molar-refractivity contribution < 1.29 is 22.8 Å². The van der Waals surface area contributed by atoms with Crippen LogP contribution in [0.4, 0.5) is 0 Å². The lowest BCUT2D eigenvalue weighted by molar-refractivity contribution is -0.140. The lowest BCUT2D eigenvalue weighted by Gasteiger charge is -2.36. The molecule has 0 unspecified atom stereocenters. The molecular formula is C19H25N3O5S. The van der Waals surface area contributed by atoms with Crippen molar-refractivity contribution in [2.24, 2.45) is 5.92 Å². The van der Waals surface area contributed by atoms with Crippen LogP contribution in [0.25, 0.3) is 0 Å². The predicted octanol–water partition coefficient (Wildman–Crippen LogP) is 0.637. The minimum absolute atomic E-state index is 0.00278. The highest BCUT2D eigenvalue weighted by Crippen LogP contribution is 2.31. The number of rotatable bonds is 6. The summed E-state index contributed by atoms with van der Waals surface area (Å²) in [5, 5.41) is 0. The summed E-state index contributed by atoms with van der Waals surface area (Å²) in [6.07, 6.45) is 1.90. The molecule has 1 aliphatic heterocycles. The van der Waals surface area contributed by atoms with Gasteiger partial charge in [-0.3, -0.25) is 14.4 Å². The molecule has 2 aliphatic rings. The van der Waals surface area contributed by atoms with Gasteiger partial charge in [-0.05, 0) is 38.8 Å². The number of benzene rings is 1. The third-order valence-electron chi connectivity index (χ3n) is 5.10. The zero-order valence-corrected chi connectivity index (χ0v) is 16.9. The van der Waals surface area contributed by atoms with E-state index in [2.05, 4.69) is 4.72 Å². The van der Waals surface area contributed by atoms with Crippen molar-refractivity contribution in [1.29, 1.82) is 0 Å². The Balaban J connectivity index is 1.57. The van der Waals surface area contributed by atoms with Gasteiger partial charge in [-0.15, -0.1) is 0 Å². The smallest absolute Gasteiger partial charge is 0.241 e. The molecule has 152 valence electrons. The molecule has 1 atom stereocenters. The molecule has 1 aromatic rings. The fraction of sp³-hybridized carbons (Fsp3) is 0.526. The zero-order chi connectivity index (χ0) is 20.5. The van der Waals surface area contributed by atoms with E-state index in [1.54, 1.807) is 9.80 Å². The van der Waals surface area contributed by atoms with Crippen LogP contribution < -0.4 is 4.72 Å². The van der Waals surface area contributed by atoms with Crippen LogP contribution in [0.3, 0.4) is 0 Å². The number of hydrogen-bond donors (Lipinski definition) is 1. The minimum Gasteiger partial charge on any atom is -0.339 e. The summed E-state index contributed by atoms with van der Waals surface area (Å²) in [5.41, 5.74) is 0.418. The number of nitrogens with zero attached hydrogens (tertiary/aromatic N) is 2. The van der Waals surface area contributed by atoms with Crippen LogP contribution in [-0.2, 0) is 19.6 Å². The molecule has 1 saturated carbocycles. The quantitative estimate of drug-likeness (QED) is 0.697. The first-order valence-electron chi connectivity index (χ1n) is 9.40. The molecule has 0 spiro atoms. The summed E-state index contributed by atoms with van der Waals surface area (Å²) >= 11 is 0. The van der Waals surface area contributed by atoms with Gasteiger partial charge in [0.1, 0.15) is 0 Å². The monoisotopic (exact) mass is 407 g/mol. The molecule has 1 heterocycles. The second-order valence-electron chi connectivity index (χ2n) is 7.35. The number of ketones is 1. The summed E-state index contributed by atoms with van der Waals surface area (Å²) in [7, 11) is -3.89. The van der Waals surface area contributed by atoms with E-state index >= 15 is 0 Å². The number of nitrogens with one attached hydrogen (secondary N) is 1. The SMILES string of the molecule is CC(=O)c1ccc(S(=O)(=O)N[C@H](C)C(=O)N2CCN(C(=O)C3CC3)CC2)cc1. The Morgan fingerprint density at radius 2 is 1.54 bits per heavy atom. The molecule has 2 amide bonds. The third kappa shape index (κ3) is 4.59. The van der Waals surface area contributed by atoms with Gasteiger partial charge < -0.3 is 9.80 Å². The maximum atomic E-state index is 12.6. The van der Waals surface area contributed by atoms with Gasteiger partial charge in [0.05, 0.1) is 10.9 Å². The average molecular weight is 407 g/mol. The van der Waals surface area contributed by atoms with Gasteiger partial charge in [0.25, 0.3) is 0 Å². The molecule has 1 aromatic carbocycles. The molecule has 9 heteroatoms. The van der Waals surface area contributed by atoms with Crippen LogP contribution >= 0.6 is 0 Å². The van der Waals surface area contributed by atoms with Crippen molar-refractivity contribution in [3.63, 3.8) is 0 Å². The third-order valence-corrected chi connectivity index (χ3v) is 6.66. The summed E-state index contributed by atoms with van der Waals surface area (Å²) in [6.45, 7) is 4.67. The fourth-order valence-electron chi connectivity index (χ4n) is 3.23. The Kier molecular flexibility index (Phi) is 5.85. The Labute approximate surface area is 164 Å². The first-order chi connectivity index (χ1) is 13.2. The van der Waals surface area contributed by atoms with Gasteiger partial charge in [-0.25, -0.2) is 8.42 Å². The lowest BCUT2D eigenvalue weighted by atomic mass is 10.2. The largest absolute Gasteiger partial charge is 0.339 e. The molecule has 0 radical (unpaired) electrons. The summed E-state index contributed by atoms with van der Waals surface area (Å²) in [5.74, 6) is -0.153. The van der Waals surface area contributed by atoms with Crippen molar-refractivity contribution in [2.75, 3.05) is 26.2 Å². The highest BCUT2D eigenvalue weighted by atomic mass is 32.2. The fourth-order valence-corrected chi connectivity index (χ4v) is 4.43. The van der Waals surface area contributed by atoms with Gasteiger partial charge in [-0.2, -0.15) is 4.72 Å². The van der Waals surface area contributed by atoms with E-state index in [1.165, 1.54) is 38.1 Å². The Morgan fingerprint density at radius 1 is 1.00 bits per heavy atom. The minimum atomic E-state index is -3.89. The standard InChI is InChI=1S/C19H25N3O5S/c1-13(20-28(26,27)17-7-5-15(6-8-17)14(2)23)18(24)21-9-11-22(12-10-21)19(25)16-3-4-16/h5-8,13,16,20H,3-4,9-12H2,1-2H3/t13-/m1/s1. The van der Waals surface area contributed by atoms with E-state index in [0.29, 0.717) is 31.7 Å². The zero-order valence-electron chi connectivity index (χ0n) is 16.1. The first kappa shape index (κ1) is 20.5. The highest BCUT2D eigenvalue weighted by molar-refractivity contribution is 7.89. The van der Waals surface area contributed by atoms with Crippen molar-refractivity contribution in [1.82, 2.24) is 14.5 Å². The van der Waals surface area contributed by atoms with Crippen LogP contribution in [0.5, 0.6) is 0 Å². The topological polar surface area (TPSA) is 104 Å². The van der Waals surface area contributed by atoms with E-state index < -0.39 is 16.1 Å². The number of amides is 2. The van der Waals surface area contributed by atoms with Gasteiger partial charge in [0.15, 0.2) is 5.78 Å². The van der Waals surface area contributed by atoms with Gasteiger partial charge >= 0.3 is 0 Å². The number of Topliss-reactive ketones (excluding diaryl/α,β-unsaturated/α-hetero) is 1. The maximum Gasteiger partial charge on any atom is 0.241 e. The van der Waals surface area contributed by atoms with E-state index in [0.717, 1.165) is 12.8 Å². The summed E-state index contributed by atoms with van der Waals surface area (Å²) in [4.78, 5) is 39.4. The van der Waals surface area contributed by atoms with Crippen molar-refractivity contribution >= 4 is 27.6 Å². The second-order valence-corrected chi connectivity index (χ2v) is 9.06. The van der Waals surface area contributed by atoms with Crippen LogP contribution in [0.2, 0.25) is 0 Å². The Hall–Kier alpha value is -2.26. The van der Waals surface area contributed by atoms with E-state index in [1.807, 2.05) is 0 Å². The van der Waals surface area contributed by atoms with Gasteiger partial charge in [0, 0.05) is 37.7 Å². The van der Waals surface area contributed by atoms with Gasteiger partial charge in [-0.1, -0.05) is 12.1 Å². The van der Waals surface area contributed by atoms with E-state index in [-0.39, 0.29) is 28.4 Å². The summed E-state index contributed by atoms with van der Waals surface area (Å²) in [6, 6.07) is 4.65. The number of sulfonamides is 1. The maximum absolute atomic E-state index is 12.6. The van der Waals surface area contributed by atoms with E-state index in [9.17, 15) is 22.8 Å². The highest BCUT2D eigenvalue weighted by Gasteiger charge is 2.36. The van der Waals surface area contributed by atoms with Crippen LogP contribution in [0.1, 0.15) is 37.0 Å². The molecule has 0 aromatic heterocycles. The Bertz CT molecular complexity index is 869. The Morgan fingerprint density at radius 3 is 2.04 bits per heavy atom. The van der Waals surface area contributed by atoms with Crippen molar-refractivity contribution in [2.45, 2.75) is 37.6 Å². The molecule has 28 heavy (non-hydrogen) atoms. The first-order valence-corrected chi connectivity index (χ1v) is 10.9. The molecular weight excluding hydrogens is 382 g/mol. The second kappa shape index (κ2) is 8.00. The average Bonchev–Trinajstić information content (AvgIpc) is 3.52. The molecule has 3 rings (SSSR count). The van der Waals surface area contributed by atoms with E-state index in [4.69, 9.17) is 0 Å². The summed E-state index contributed by atoms with van der Waals surface area (Å²) < 4.78 is 27.4. The molecule has 2 fully saturated rings. The van der Waals surface area contributed by atoms with Crippen LogP contribution in [0, 0.1) is 5.92 Å². The lowest BCUT2D eigenvalue weighted by Crippen LogP contribution is -2.55. The molecule has 8 nitrogen and oxygen atoms in total. The number of carbonyl (C=O) groups excluding carboxylic acids is 3. The van der Waals surface area contributed by atoms with Crippen molar-refractivity contribution in [3.8, 4) is 0 Å². The number of hydrogen-bond acceptors (Lipinski definition) is 5. The molecule has 1 N–H and O–H groups in total.